The van der Waals surface area contributed by atoms with Crippen LogP contribution in [0.15, 0.2) is 48.5 Å². The van der Waals surface area contributed by atoms with Crippen LogP contribution < -0.4 is 5.32 Å². The van der Waals surface area contributed by atoms with E-state index < -0.39 is 6.04 Å². The van der Waals surface area contributed by atoms with Crippen LogP contribution in [0.2, 0.25) is 5.02 Å². The van der Waals surface area contributed by atoms with E-state index in [2.05, 4.69) is 30.4 Å². The van der Waals surface area contributed by atoms with Crippen LogP contribution in [-0.4, -0.2) is 34.0 Å². The summed E-state index contributed by atoms with van der Waals surface area (Å²) >= 11 is 7.93. The Hall–Kier alpha value is -1.98. The molecule has 31 heavy (non-hydrogen) atoms. The van der Waals surface area contributed by atoms with Gasteiger partial charge in [0.2, 0.25) is 11.8 Å². The molecule has 168 valence electrons. The summed E-state index contributed by atoms with van der Waals surface area (Å²) in [5.74, 6) is 0.850. The van der Waals surface area contributed by atoms with Crippen LogP contribution in [0.3, 0.4) is 0 Å². The maximum atomic E-state index is 13.3. The van der Waals surface area contributed by atoms with E-state index in [1.165, 1.54) is 11.1 Å². The van der Waals surface area contributed by atoms with Crippen molar-refractivity contribution in [3.05, 3.63) is 70.2 Å². The van der Waals surface area contributed by atoms with Gasteiger partial charge < -0.3 is 10.2 Å². The Morgan fingerprint density at radius 2 is 1.84 bits per heavy atom. The lowest BCUT2D eigenvalue weighted by molar-refractivity contribution is -0.140. The zero-order chi connectivity index (χ0) is 23.0. The SMILES string of the molecule is CC[C@H](C(=O)NC(C)(C)C)N(Cc1ccccc1Cl)C(=O)CSCc1cccc(C)c1. The van der Waals surface area contributed by atoms with E-state index in [0.29, 0.717) is 23.7 Å². The third-order valence-electron chi connectivity index (χ3n) is 4.76. The molecule has 0 fully saturated rings. The minimum absolute atomic E-state index is 0.0616. The van der Waals surface area contributed by atoms with Crippen molar-refractivity contribution in [2.45, 2.75) is 64.9 Å². The van der Waals surface area contributed by atoms with Crippen molar-refractivity contribution in [1.29, 1.82) is 0 Å². The topological polar surface area (TPSA) is 49.4 Å². The van der Waals surface area contributed by atoms with Crippen LogP contribution in [0.4, 0.5) is 0 Å². The largest absolute Gasteiger partial charge is 0.350 e. The minimum Gasteiger partial charge on any atom is -0.350 e. The lowest BCUT2D eigenvalue weighted by Gasteiger charge is -2.33. The molecular formula is C25H33ClN2O2S. The number of thioether (sulfide) groups is 1. The smallest absolute Gasteiger partial charge is 0.243 e. The lowest BCUT2D eigenvalue weighted by Crippen LogP contribution is -2.53. The molecule has 6 heteroatoms. The Kier molecular flexibility index (Phi) is 9.45. The second-order valence-corrected chi connectivity index (χ2v) is 10.2. The molecule has 0 saturated carbocycles. The van der Waals surface area contributed by atoms with Crippen LogP contribution >= 0.6 is 23.4 Å². The first-order chi connectivity index (χ1) is 14.6. The number of hydrogen-bond donors (Lipinski definition) is 1. The molecule has 0 aliphatic heterocycles. The maximum Gasteiger partial charge on any atom is 0.243 e. The third-order valence-corrected chi connectivity index (χ3v) is 6.12. The van der Waals surface area contributed by atoms with Gasteiger partial charge in [-0.15, -0.1) is 11.8 Å². The van der Waals surface area contributed by atoms with Gasteiger partial charge in [0.1, 0.15) is 6.04 Å². The van der Waals surface area contributed by atoms with Gasteiger partial charge >= 0.3 is 0 Å². The van der Waals surface area contributed by atoms with Crippen LogP contribution in [-0.2, 0) is 21.9 Å². The van der Waals surface area contributed by atoms with Gasteiger partial charge in [-0.2, -0.15) is 0 Å². The number of halogens is 1. The molecule has 0 bridgehead atoms. The van der Waals surface area contributed by atoms with Crippen molar-refractivity contribution in [3.8, 4) is 0 Å². The number of aryl methyl sites for hydroxylation is 1. The molecule has 0 unspecified atom stereocenters. The Labute approximate surface area is 195 Å². The average molecular weight is 461 g/mol. The lowest BCUT2D eigenvalue weighted by atomic mass is 10.1. The van der Waals surface area contributed by atoms with E-state index >= 15 is 0 Å². The van der Waals surface area contributed by atoms with Gasteiger partial charge in [-0.1, -0.05) is 66.6 Å². The summed E-state index contributed by atoms with van der Waals surface area (Å²) in [6.07, 6.45) is 0.528. The quantitative estimate of drug-likeness (QED) is 0.529. The molecule has 0 aliphatic carbocycles. The van der Waals surface area contributed by atoms with Gasteiger partial charge in [0.15, 0.2) is 0 Å². The summed E-state index contributed by atoms with van der Waals surface area (Å²) in [4.78, 5) is 27.9. The van der Waals surface area contributed by atoms with Gasteiger partial charge in [0.25, 0.3) is 0 Å². The zero-order valence-corrected chi connectivity index (χ0v) is 20.6. The van der Waals surface area contributed by atoms with Crippen molar-refractivity contribution < 1.29 is 9.59 Å². The van der Waals surface area contributed by atoms with Gasteiger partial charge in [-0.05, 0) is 51.3 Å². The first-order valence-electron chi connectivity index (χ1n) is 10.6. The molecule has 1 atom stereocenters. The fourth-order valence-corrected chi connectivity index (χ4v) is 4.38. The number of nitrogens with zero attached hydrogens (tertiary/aromatic N) is 1. The summed E-state index contributed by atoms with van der Waals surface area (Å²) in [6.45, 7) is 10.1. The zero-order valence-electron chi connectivity index (χ0n) is 19.1. The second kappa shape index (κ2) is 11.6. The molecular weight excluding hydrogens is 428 g/mol. The monoisotopic (exact) mass is 460 g/mol. The van der Waals surface area contributed by atoms with E-state index in [-0.39, 0.29) is 17.4 Å². The van der Waals surface area contributed by atoms with Crippen LogP contribution in [0.1, 0.15) is 50.8 Å². The molecule has 0 spiro atoms. The highest BCUT2D eigenvalue weighted by Crippen LogP contribution is 2.22. The van der Waals surface area contributed by atoms with Gasteiger partial charge in [-0.3, -0.25) is 9.59 Å². The van der Waals surface area contributed by atoms with Crippen LogP contribution in [0.5, 0.6) is 0 Å². The number of hydrogen-bond acceptors (Lipinski definition) is 3. The molecule has 0 saturated heterocycles. The molecule has 0 heterocycles. The molecule has 1 N–H and O–H groups in total. The minimum atomic E-state index is -0.553. The number of nitrogens with one attached hydrogen (secondary N) is 1. The van der Waals surface area contributed by atoms with Crippen molar-refractivity contribution in [2.75, 3.05) is 5.75 Å². The molecule has 2 aromatic rings. The van der Waals surface area contributed by atoms with Crippen LogP contribution in [0, 0.1) is 6.92 Å². The van der Waals surface area contributed by atoms with Crippen molar-refractivity contribution in [1.82, 2.24) is 10.2 Å². The number of benzene rings is 2. The highest BCUT2D eigenvalue weighted by Gasteiger charge is 2.30. The summed E-state index contributed by atoms with van der Waals surface area (Å²) in [6, 6.07) is 15.2. The van der Waals surface area contributed by atoms with Crippen molar-refractivity contribution >= 4 is 35.2 Å². The first kappa shape index (κ1) is 25.3. The fraction of sp³-hybridized carbons (Fsp3) is 0.440. The Bertz CT molecular complexity index is 895. The Morgan fingerprint density at radius 3 is 2.45 bits per heavy atom. The van der Waals surface area contributed by atoms with Crippen molar-refractivity contribution in [2.24, 2.45) is 0 Å². The third kappa shape index (κ3) is 8.23. The fourth-order valence-electron chi connectivity index (χ4n) is 3.32. The van der Waals surface area contributed by atoms with E-state index in [1.807, 2.05) is 58.0 Å². The number of rotatable bonds is 9. The summed E-state index contributed by atoms with van der Waals surface area (Å²) in [7, 11) is 0. The van der Waals surface area contributed by atoms with E-state index in [4.69, 9.17) is 11.6 Å². The molecule has 0 radical (unpaired) electrons. The number of amides is 2. The highest BCUT2D eigenvalue weighted by atomic mass is 35.5. The van der Waals surface area contributed by atoms with E-state index in [1.54, 1.807) is 16.7 Å². The molecule has 2 rings (SSSR count). The molecule has 0 aliphatic rings. The summed E-state index contributed by atoms with van der Waals surface area (Å²) in [5, 5.41) is 3.62. The maximum absolute atomic E-state index is 13.3. The van der Waals surface area contributed by atoms with E-state index in [9.17, 15) is 9.59 Å². The van der Waals surface area contributed by atoms with Crippen molar-refractivity contribution in [3.63, 3.8) is 0 Å². The standard InChI is InChI=1S/C25H33ClN2O2S/c1-6-22(24(30)27-25(3,4)5)28(15-20-12-7-8-13-21(20)26)23(29)17-31-16-19-11-9-10-18(2)14-19/h7-14,22H,6,15-17H2,1-5H3,(H,27,30)/t22-/m1/s1. The average Bonchev–Trinajstić information content (AvgIpc) is 2.68. The Morgan fingerprint density at radius 1 is 1.13 bits per heavy atom. The second-order valence-electron chi connectivity index (χ2n) is 8.76. The van der Waals surface area contributed by atoms with Gasteiger partial charge in [-0.25, -0.2) is 0 Å². The molecule has 0 aromatic heterocycles. The molecule has 4 nitrogen and oxygen atoms in total. The highest BCUT2D eigenvalue weighted by molar-refractivity contribution is 7.99. The summed E-state index contributed by atoms with van der Waals surface area (Å²) < 4.78 is 0. The van der Waals surface area contributed by atoms with Gasteiger partial charge in [0, 0.05) is 22.9 Å². The molecule has 2 aromatic carbocycles. The number of carbonyl (C=O) groups excluding carboxylic acids is 2. The van der Waals surface area contributed by atoms with Gasteiger partial charge in [0.05, 0.1) is 5.75 Å². The van der Waals surface area contributed by atoms with Crippen LogP contribution in [0.25, 0.3) is 0 Å². The summed E-state index contributed by atoms with van der Waals surface area (Å²) in [5.41, 5.74) is 2.86. The molecule has 2 amide bonds. The number of carbonyl (C=O) groups is 2. The van der Waals surface area contributed by atoms with E-state index in [0.717, 1.165) is 11.3 Å². The Balaban J connectivity index is 2.17. The normalized spacial score (nSPS) is 12.3. The predicted octanol–water partition coefficient (Wildman–Crippen LogP) is 5.60. The predicted molar refractivity (Wildman–Crippen MR) is 131 cm³/mol. The first-order valence-corrected chi connectivity index (χ1v) is 12.1.